The lowest BCUT2D eigenvalue weighted by Crippen LogP contribution is -2.58. The molecule has 0 radical (unpaired) electrons. The number of para-hydroxylation sites is 2. The second-order valence-electron chi connectivity index (χ2n) is 12.2. The molecule has 0 saturated carbocycles. The van der Waals surface area contributed by atoms with E-state index < -0.39 is 38.5 Å². The second kappa shape index (κ2) is 16.4. The molecule has 2 unspecified atom stereocenters. The van der Waals surface area contributed by atoms with Crippen molar-refractivity contribution < 1.29 is 28.9 Å². The number of nitro groups is 2. The van der Waals surface area contributed by atoms with Crippen LogP contribution < -0.4 is 4.65 Å². The number of nitrogens with zero attached hydrogens (tertiary/aromatic N) is 2. The molecule has 0 spiro atoms. The van der Waals surface area contributed by atoms with Crippen molar-refractivity contribution >= 4 is 39.8 Å². The van der Waals surface area contributed by atoms with Gasteiger partial charge in [-0.1, -0.05) is 63.3 Å². The van der Waals surface area contributed by atoms with Crippen molar-refractivity contribution in [3.8, 4) is 0 Å². The summed E-state index contributed by atoms with van der Waals surface area (Å²) in [6.07, 6.45) is 2.30. The number of hydrogen-bond acceptors (Lipinski definition) is 9. The molecule has 2 rings (SSSR count). The van der Waals surface area contributed by atoms with Crippen LogP contribution in [-0.2, 0) is 19.1 Å². The molecule has 0 bridgehead atoms. The Bertz CT molecular complexity index is 1180. The highest BCUT2D eigenvalue weighted by Crippen LogP contribution is 2.29. The minimum atomic E-state index is -1.73. The molecular weight excluding hydrogens is 587 g/mol. The van der Waals surface area contributed by atoms with Gasteiger partial charge in [-0.15, -0.1) is 0 Å². The van der Waals surface area contributed by atoms with Crippen LogP contribution in [0.5, 0.6) is 0 Å². The number of carbonyl (C=O) groups excluding carboxylic acids is 2. The first kappa shape index (κ1) is 35.8. The zero-order chi connectivity index (χ0) is 32.2. The Hall–Kier alpha value is -3.43. The average molecular weight is 632 g/mol. The van der Waals surface area contributed by atoms with E-state index in [9.17, 15) is 29.8 Å². The number of nitro benzene ring substituents is 2. The van der Waals surface area contributed by atoms with Crippen molar-refractivity contribution in [3.63, 3.8) is 0 Å². The summed E-state index contributed by atoms with van der Waals surface area (Å²) in [7, 11) is -3.47. The normalized spacial score (nSPS) is 13.2. The molecule has 2 atom stereocenters. The largest absolute Gasteiger partial charge is 0.458 e. The Balaban J connectivity index is 1.69. The summed E-state index contributed by atoms with van der Waals surface area (Å²) < 4.78 is 14.9. The smallest absolute Gasteiger partial charge is 0.306 e. The van der Waals surface area contributed by atoms with Crippen molar-refractivity contribution in [2.24, 2.45) is 0 Å². The predicted octanol–water partition coefficient (Wildman–Crippen LogP) is 7.75. The summed E-state index contributed by atoms with van der Waals surface area (Å²) in [4.78, 5) is 46.3. The molecule has 0 aliphatic heterocycles. The number of esters is 2. The maximum atomic E-state index is 12.4. The van der Waals surface area contributed by atoms with E-state index in [0.29, 0.717) is 24.0 Å². The van der Waals surface area contributed by atoms with Crippen LogP contribution in [0.1, 0.15) is 75.7 Å². The van der Waals surface area contributed by atoms with Crippen molar-refractivity contribution in [2.45, 2.75) is 103 Å². The minimum Gasteiger partial charge on any atom is -0.458 e. The summed E-state index contributed by atoms with van der Waals surface area (Å²) >= 11 is 0. The van der Waals surface area contributed by atoms with Crippen LogP contribution in [0.4, 0.5) is 11.4 Å². The zero-order valence-corrected chi connectivity index (χ0v) is 28.1. The molecule has 2 aromatic rings. The molecule has 0 saturated heterocycles. The van der Waals surface area contributed by atoms with E-state index in [1.807, 2.05) is 0 Å². The number of carbonyl (C=O) groups is 2. The van der Waals surface area contributed by atoms with Gasteiger partial charge in [0.15, 0.2) is 0 Å². The van der Waals surface area contributed by atoms with E-state index in [1.165, 1.54) is 12.1 Å². The van der Waals surface area contributed by atoms with Crippen LogP contribution in [0, 0.1) is 20.2 Å². The molecule has 2 aromatic carbocycles. The third-order valence-corrected chi connectivity index (χ3v) is 15.9. The summed E-state index contributed by atoms with van der Waals surface area (Å²) in [5.41, 5.74) is 0.657. The molecule has 0 fully saturated rings. The summed E-state index contributed by atoms with van der Waals surface area (Å²) in [6, 6.07) is 14.6. The van der Waals surface area contributed by atoms with Gasteiger partial charge in [-0.25, -0.2) is 0 Å². The monoisotopic (exact) mass is 631 g/mol. The van der Waals surface area contributed by atoms with Crippen LogP contribution >= 0.6 is 0 Å². The first-order chi connectivity index (χ1) is 20.1. The van der Waals surface area contributed by atoms with E-state index in [-0.39, 0.29) is 36.2 Å². The molecule has 0 aliphatic rings. The fraction of sp³-hybridized carbons (Fsp3) is 0.533. The van der Waals surface area contributed by atoms with E-state index >= 15 is 0 Å². The summed E-state index contributed by atoms with van der Waals surface area (Å²) in [5.74, 6) is -0.717. The van der Waals surface area contributed by atoms with Crippen LogP contribution in [0.3, 0.4) is 0 Å². The third kappa shape index (κ3) is 12.4. The third-order valence-electron chi connectivity index (χ3n) is 7.30. The van der Waals surface area contributed by atoms with Gasteiger partial charge in [0.1, 0.15) is 28.7 Å². The van der Waals surface area contributed by atoms with Crippen LogP contribution in [0.2, 0.25) is 38.3 Å². The van der Waals surface area contributed by atoms with Crippen molar-refractivity contribution in [2.75, 3.05) is 0 Å². The maximum absolute atomic E-state index is 12.4. The fourth-order valence-electron chi connectivity index (χ4n) is 5.35. The molecule has 0 heterocycles. The van der Waals surface area contributed by atoms with Gasteiger partial charge in [0.25, 0.3) is 11.4 Å². The summed E-state index contributed by atoms with van der Waals surface area (Å²) in [6.45, 7) is 12.5. The molecule has 236 valence electrons. The molecule has 11 nitrogen and oxygen atoms in total. The Morgan fingerprint density at radius 2 is 1.05 bits per heavy atom. The zero-order valence-electron chi connectivity index (χ0n) is 26.1. The Morgan fingerprint density at radius 3 is 1.40 bits per heavy atom. The lowest BCUT2D eigenvalue weighted by molar-refractivity contribution is -0.386. The molecular formula is C30H45N3O8Si2. The van der Waals surface area contributed by atoms with Gasteiger partial charge in [-0.05, 0) is 50.9 Å². The SMILES string of the molecule is CC(OC(=O)CCCC[Si](C)(C)N[Si](C)(C)CCCCC(=O)OC(C)c1ccccc1[N+](=O)[O-])c1ccccc1[N+](=O)[O-]. The maximum Gasteiger partial charge on any atom is 0.306 e. The predicted molar refractivity (Wildman–Crippen MR) is 171 cm³/mol. The lowest BCUT2D eigenvalue weighted by Gasteiger charge is -2.35. The molecule has 1 N–H and O–H groups in total. The Labute approximate surface area is 255 Å². The van der Waals surface area contributed by atoms with Gasteiger partial charge in [0.2, 0.25) is 0 Å². The first-order valence-electron chi connectivity index (χ1n) is 14.8. The second-order valence-corrected chi connectivity index (χ2v) is 21.7. The topological polar surface area (TPSA) is 151 Å². The van der Waals surface area contributed by atoms with Gasteiger partial charge in [-0.3, -0.25) is 29.8 Å². The minimum absolute atomic E-state index is 0.0562. The quantitative estimate of drug-likeness (QED) is 0.0572. The highest BCUT2D eigenvalue weighted by molar-refractivity contribution is 6.91. The standard InChI is InChI=1S/C30H45N3O8Si2/c1-23(25-15-7-9-17-27(25)32(36)37)40-29(34)19-11-13-21-42(3,4)31-43(5,6)22-14-12-20-30(35)41-24(2)26-16-8-10-18-28(26)33(38)39/h7-10,15-18,23-24,31H,11-14,19-22H2,1-6H3. The van der Waals surface area contributed by atoms with Crippen LogP contribution in [-0.4, -0.2) is 38.3 Å². The number of unbranched alkanes of at least 4 members (excludes halogenated alkanes) is 2. The number of hydrogen-bond donors (Lipinski definition) is 1. The highest BCUT2D eigenvalue weighted by atomic mass is 28.4. The van der Waals surface area contributed by atoms with Crippen LogP contribution in [0.15, 0.2) is 48.5 Å². The van der Waals surface area contributed by atoms with Gasteiger partial charge in [0.05, 0.1) is 21.0 Å². The first-order valence-corrected chi connectivity index (χ1v) is 21.2. The van der Waals surface area contributed by atoms with Gasteiger partial charge < -0.3 is 14.1 Å². The molecule has 13 heteroatoms. The highest BCUT2D eigenvalue weighted by Gasteiger charge is 2.30. The fourth-order valence-corrected chi connectivity index (χ4v) is 15.9. The number of rotatable bonds is 18. The van der Waals surface area contributed by atoms with E-state index in [1.54, 1.807) is 50.2 Å². The van der Waals surface area contributed by atoms with Crippen LogP contribution in [0.25, 0.3) is 0 Å². The Morgan fingerprint density at radius 1 is 0.698 bits per heavy atom. The number of nitrogens with one attached hydrogen (secondary N) is 1. The van der Waals surface area contributed by atoms with Crippen molar-refractivity contribution in [3.05, 3.63) is 79.9 Å². The van der Waals surface area contributed by atoms with Gasteiger partial charge >= 0.3 is 11.9 Å². The average Bonchev–Trinajstić information content (AvgIpc) is 2.92. The Kier molecular flexibility index (Phi) is 13.7. The van der Waals surface area contributed by atoms with E-state index in [0.717, 1.165) is 24.9 Å². The number of ether oxygens (including phenoxy) is 2. The van der Waals surface area contributed by atoms with Crippen molar-refractivity contribution in [1.82, 2.24) is 4.65 Å². The molecule has 0 aromatic heterocycles. The summed E-state index contributed by atoms with van der Waals surface area (Å²) in [5, 5.41) is 22.5. The lowest BCUT2D eigenvalue weighted by atomic mass is 10.1. The van der Waals surface area contributed by atoms with Gasteiger partial charge in [-0.2, -0.15) is 0 Å². The van der Waals surface area contributed by atoms with E-state index in [2.05, 4.69) is 30.8 Å². The van der Waals surface area contributed by atoms with E-state index in [4.69, 9.17) is 9.47 Å². The molecule has 0 amide bonds. The van der Waals surface area contributed by atoms with Crippen molar-refractivity contribution in [1.29, 1.82) is 0 Å². The molecule has 43 heavy (non-hydrogen) atoms. The number of benzene rings is 2. The molecule has 0 aliphatic carbocycles. The van der Waals surface area contributed by atoms with Gasteiger partial charge in [0, 0.05) is 25.0 Å².